The molecule has 8 heteroatoms. The van der Waals surface area contributed by atoms with Gasteiger partial charge in [0.15, 0.2) is 0 Å². The van der Waals surface area contributed by atoms with Crippen LogP contribution in [0, 0.1) is 11.8 Å². The Kier molecular flexibility index (Phi) is 6.91. The summed E-state index contributed by atoms with van der Waals surface area (Å²) >= 11 is 0. The smallest absolute Gasteiger partial charge is 0.338 e. The third-order valence-electron chi connectivity index (χ3n) is 6.18. The fourth-order valence-corrected chi connectivity index (χ4v) is 4.33. The lowest BCUT2D eigenvalue weighted by Gasteiger charge is -2.29. The van der Waals surface area contributed by atoms with Crippen LogP contribution in [0.5, 0.6) is 5.75 Å². The average molecular weight is 476 g/mol. The van der Waals surface area contributed by atoms with Gasteiger partial charge in [-0.3, -0.25) is 14.5 Å². The van der Waals surface area contributed by atoms with Gasteiger partial charge in [0, 0.05) is 5.69 Å². The highest BCUT2D eigenvalue weighted by Crippen LogP contribution is 2.34. The van der Waals surface area contributed by atoms with Crippen LogP contribution in [0.4, 0.5) is 16.2 Å². The summed E-state index contributed by atoms with van der Waals surface area (Å²) in [7, 11) is 1.59. The number of carbonyl (C=O) groups excluding carboxylic acids is 3. The van der Waals surface area contributed by atoms with Gasteiger partial charge in [-0.2, -0.15) is 0 Å². The second-order valence-corrected chi connectivity index (χ2v) is 8.84. The summed E-state index contributed by atoms with van der Waals surface area (Å²) < 4.78 is 10.9. The fraction of sp³-hybridized carbons (Fsp3) is 0.296. The van der Waals surface area contributed by atoms with E-state index in [0.29, 0.717) is 17.2 Å². The molecule has 1 N–H and O–H groups in total. The second-order valence-electron chi connectivity index (χ2n) is 8.84. The summed E-state index contributed by atoms with van der Waals surface area (Å²) in [6.45, 7) is 5.39. The lowest BCUT2D eigenvalue weighted by Crippen LogP contribution is -2.47. The lowest BCUT2D eigenvalue weighted by atomic mass is 9.95. The molecule has 2 heterocycles. The predicted octanol–water partition coefficient (Wildman–Crippen LogP) is 5.10. The highest BCUT2D eigenvalue weighted by atomic mass is 16.5. The molecule has 0 spiro atoms. The number of imide groups is 2. The highest BCUT2D eigenvalue weighted by Gasteiger charge is 2.51. The lowest BCUT2D eigenvalue weighted by molar-refractivity contribution is -0.137. The van der Waals surface area contributed by atoms with Gasteiger partial charge in [0.05, 0.1) is 31.0 Å². The largest absolute Gasteiger partial charge is 0.497 e. The van der Waals surface area contributed by atoms with Gasteiger partial charge in [-0.05, 0) is 54.4 Å². The third-order valence-corrected chi connectivity index (χ3v) is 6.18. The molecule has 182 valence electrons. The molecule has 3 atom stereocenters. The number of hydrogen-bond donors (Lipinski definition) is 1. The first-order valence-electron chi connectivity index (χ1n) is 11.5. The molecule has 0 aliphatic carbocycles. The minimum Gasteiger partial charge on any atom is -0.497 e. The molecule has 1 saturated heterocycles. The van der Waals surface area contributed by atoms with Gasteiger partial charge in [-0.15, -0.1) is 0 Å². The Bertz CT molecular complexity index is 1180. The molecule has 1 aromatic heterocycles. The topological polar surface area (TPSA) is 92.1 Å². The van der Waals surface area contributed by atoms with Crippen molar-refractivity contribution in [2.75, 3.05) is 17.3 Å². The van der Waals surface area contributed by atoms with Crippen molar-refractivity contribution in [2.24, 2.45) is 11.8 Å². The van der Waals surface area contributed by atoms with Crippen LogP contribution in [-0.4, -0.2) is 35.9 Å². The molecule has 0 radical (unpaired) electrons. The van der Waals surface area contributed by atoms with E-state index in [2.05, 4.69) is 5.32 Å². The molecule has 1 aliphatic rings. The minimum atomic E-state index is -0.893. The Morgan fingerprint density at radius 1 is 0.971 bits per heavy atom. The molecule has 1 fully saturated rings. The summed E-state index contributed by atoms with van der Waals surface area (Å²) in [6.07, 6.45) is 1.54. The number of anilines is 2. The summed E-state index contributed by atoms with van der Waals surface area (Å²) in [6, 6.07) is 17.4. The normalized spacial score (nSPS) is 17.6. The van der Waals surface area contributed by atoms with Crippen LogP contribution in [-0.2, 0) is 9.59 Å². The number of hydrogen-bond acceptors (Lipinski definition) is 6. The molecule has 0 bridgehead atoms. The van der Waals surface area contributed by atoms with E-state index in [1.54, 1.807) is 56.5 Å². The van der Waals surface area contributed by atoms with E-state index in [4.69, 9.17) is 9.15 Å². The Balaban J connectivity index is 1.66. The van der Waals surface area contributed by atoms with Gasteiger partial charge < -0.3 is 14.5 Å². The van der Waals surface area contributed by atoms with E-state index in [-0.39, 0.29) is 5.92 Å². The maximum absolute atomic E-state index is 13.8. The number of urea groups is 1. The molecule has 0 saturated carbocycles. The average Bonchev–Trinajstić information content (AvgIpc) is 3.48. The monoisotopic (exact) mass is 475 g/mol. The van der Waals surface area contributed by atoms with Crippen LogP contribution in [0.3, 0.4) is 0 Å². The van der Waals surface area contributed by atoms with E-state index in [0.717, 1.165) is 15.5 Å². The Morgan fingerprint density at radius 2 is 1.66 bits per heavy atom. The first kappa shape index (κ1) is 24.1. The number of benzene rings is 2. The number of methoxy groups -OCH3 is 1. The molecule has 3 aromatic rings. The number of ether oxygens (including phenoxy) is 1. The van der Waals surface area contributed by atoms with Crippen molar-refractivity contribution in [1.82, 2.24) is 4.90 Å². The zero-order valence-electron chi connectivity index (χ0n) is 20.2. The van der Waals surface area contributed by atoms with Gasteiger partial charge >= 0.3 is 6.03 Å². The van der Waals surface area contributed by atoms with Gasteiger partial charge in [0.2, 0.25) is 5.91 Å². The molecule has 1 aliphatic heterocycles. The van der Waals surface area contributed by atoms with Crippen molar-refractivity contribution in [3.63, 3.8) is 0 Å². The van der Waals surface area contributed by atoms with E-state index in [1.807, 2.05) is 38.1 Å². The Hall–Kier alpha value is -4.07. The van der Waals surface area contributed by atoms with Crippen LogP contribution >= 0.6 is 0 Å². The van der Waals surface area contributed by atoms with Crippen molar-refractivity contribution in [2.45, 2.75) is 32.9 Å². The number of carbonyl (C=O) groups is 3. The van der Waals surface area contributed by atoms with Crippen LogP contribution in [0.2, 0.25) is 0 Å². The van der Waals surface area contributed by atoms with E-state index in [9.17, 15) is 14.4 Å². The molecule has 4 amide bonds. The van der Waals surface area contributed by atoms with E-state index < -0.39 is 35.8 Å². The minimum absolute atomic E-state index is 0.257. The first-order valence-corrected chi connectivity index (χ1v) is 11.5. The Morgan fingerprint density at radius 3 is 2.23 bits per heavy atom. The number of para-hydroxylation sites is 1. The highest BCUT2D eigenvalue weighted by molar-refractivity contribution is 6.25. The van der Waals surface area contributed by atoms with Crippen LogP contribution in [0.15, 0.2) is 77.4 Å². The van der Waals surface area contributed by atoms with Crippen LogP contribution in [0.1, 0.15) is 32.6 Å². The standard InChI is InChI=1S/C27H29N3O5/c1-17(2)24-26(32)29(20-9-6-5-7-10-20)27(33)30(24)25(31)18(3)23(22-11-8-16-35-22)28-19-12-14-21(34-4)15-13-19/h5-18,23-24,28H,1-4H3/t18-,23+,24+/m1/s1. The molecular formula is C27H29N3O5. The van der Waals surface area contributed by atoms with Crippen molar-refractivity contribution in [3.05, 3.63) is 78.8 Å². The summed E-state index contributed by atoms with van der Waals surface area (Å²) in [4.78, 5) is 42.8. The molecule has 2 aromatic carbocycles. The van der Waals surface area contributed by atoms with E-state index in [1.165, 1.54) is 6.26 Å². The molecule has 4 rings (SSSR count). The predicted molar refractivity (Wildman–Crippen MR) is 132 cm³/mol. The summed E-state index contributed by atoms with van der Waals surface area (Å²) in [5.41, 5.74) is 1.19. The zero-order valence-corrected chi connectivity index (χ0v) is 20.2. The van der Waals surface area contributed by atoms with Crippen LogP contribution in [0.25, 0.3) is 0 Å². The number of nitrogens with one attached hydrogen (secondary N) is 1. The van der Waals surface area contributed by atoms with Crippen molar-refractivity contribution in [3.8, 4) is 5.75 Å². The van der Waals surface area contributed by atoms with Gasteiger partial charge in [-0.1, -0.05) is 39.0 Å². The maximum Gasteiger partial charge on any atom is 0.338 e. The van der Waals surface area contributed by atoms with Gasteiger partial charge in [0.25, 0.3) is 5.91 Å². The van der Waals surface area contributed by atoms with Gasteiger partial charge in [0.1, 0.15) is 17.6 Å². The Labute approximate surface area is 204 Å². The molecule has 0 unspecified atom stereocenters. The molecule has 8 nitrogen and oxygen atoms in total. The number of rotatable bonds is 8. The third kappa shape index (κ3) is 4.64. The second kappa shape index (κ2) is 10.0. The van der Waals surface area contributed by atoms with Crippen molar-refractivity contribution in [1.29, 1.82) is 0 Å². The number of furan rings is 1. The maximum atomic E-state index is 13.8. The number of nitrogens with zero attached hydrogens (tertiary/aromatic N) is 2. The summed E-state index contributed by atoms with van der Waals surface area (Å²) in [5.74, 6) is -0.598. The molecule has 35 heavy (non-hydrogen) atoms. The number of amides is 4. The SMILES string of the molecule is COc1ccc(N[C@H](c2ccco2)[C@@H](C)C(=O)N2C(=O)N(c3ccccc3)C(=O)[C@@H]2C(C)C)cc1. The van der Waals surface area contributed by atoms with Gasteiger partial charge in [-0.25, -0.2) is 9.69 Å². The molecular weight excluding hydrogens is 446 g/mol. The van der Waals surface area contributed by atoms with Crippen LogP contribution < -0.4 is 15.0 Å². The first-order chi connectivity index (χ1) is 16.8. The fourth-order valence-electron chi connectivity index (χ4n) is 4.33. The van der Waals surface area contributed by atoms with Crippen molar-refractivity contribution >= 4 is 29.2 Å². The quantitative estimate of drug-likeness (QED) is 0.456. The zero-order chi connectivity index (χ0) is 25.1. The summed E-state index contributed by atoms with van der Waals surface area (Å²) in [5, 5.41) is 3.34. The van der Waals surface area contributed by atoms with E-state index >= 15 is 0 Å². The van der Waals surface area contributed by atoms with Crippen molar-refractivity contribution < 1.29 is 23.5 Å².